The van der Waals surface area contributed by atoms with Gasteiger partial charge in [0.25, 0.3) is 5.91 Å². The molecule has 1 N–H and O–H groups in total. The van der Waals surface area contributed by atoms with E-state index in [1.54, 1.807) is 7.11 Å². The van der Waals surface area contributed by atoms with Crippen molar-refractivity contribution in [3.8, 4) is 11.5 Å². The molecule has 0 heterocycles. The minimum atomic E-state index is -0.305. The summed E-state index contributed by atoms with van der Waals surface area (Å²) in [6.07, 6.45) is 0. The van der Waals surface area contributed by atoms with E-state index in [9.17, 15) is 4.79 Å². The zero-order valence-electron chi connectivity index (χ0n) is 15.1. The summed E-state index contributed by atoms with van der Waals surface area (Å²) >= 11 is 0. The minimum absolute atomic E-state index is 0.0829. The van der Waals surface area contributed by atoms with Gasteiger partial charge in [0.2, 0.25) is 0 Å². The van der Waals surface area contributed by atoms with E-state index in [0.717, 1.165) is 11.3 Å². The highest BCUT2D eigenvalue weighted by molar-refractivity contribution is 5.99. The zero-order valence-corrected chi connectivity index (χ0v) is 15.1. The number of nitrogens with one attached hydrogen (secondary N) is 1. The van der Waals surface area contributed by atoms with Gasteiger partial charge in [0, 0.05) is 0 Å². The molecule has 1 amide bonds. The van der Waals surface area contributed by atoms with Crippen LogP contribution in [-0.4, -0.2) is 25.3 Å². The van der Waals surface area contributed by atoms with Gasteiger partial charge >= 0.3 is 0 Å². The normalized spacial score (nSPS) is 11.3. The Kier molecular flexibility index (Phi) is 6.57. The molecule has 2 aromatic carbocycles. The van der Waals surface area contributed by atoms with Crippen LogP contribution in [0.3, 0.4) is 0 Å². The lowest BCUT2D eigenvalue weighted by Crippen LogP contribution is -2.25. The topological polar surface area (TPSA) is 59.9 Å². The molecule has 0 aliphatic rings. The summed E-state index contributed by atoms with van der Waals surface area (Å²) in [5.41, 5.74) is 5.35. The molecule has 0 bridgehead atoms. The standard InChI is InChI=1S/C20H24N2O3/c1-14(2)16-5-11-19(12-6-16)25-13-20(23)22-21-15(3)17-7-9-18(24-4)10-8-17/h5-12,14H,13H2,1-4H3,(H,22,23)/b21-15+. The van der Waals surface area contributed by atoms with E-state index < -0.39 is 0 Å². The quantitative estimate of drug-likeness (QED) is 0.617. The summed E-state index contributed by atoms with van der Waals surface area (Å²) in [5, 5.41) is 4.10. The summed E-state index contributed by atoms with van der Waals surface area (Å²) in [6.45, 7) is 6.01. The Bertz CT molecular complexity index is 720. The molecule has 0 aliphatic carbocycles. The molecule has 2 rings (SSSR count). The maximum atomic E-state index is 11.9. The van der Waals surface area contributed by atoms with E-state index in [2.05, 4.69) is 24.4 Å². The minimum Gasteiger partial charge on any atom is -0.497 e. The van der Waals surface area contributed by atoms with Crippen molar-refractivity contribution in [3.05, 3.63) is 59.7 Å². The van der Waals surface area contributed by atoms with Crippen LogP contribution in [0.2, 0.25) is 0 Å². The molecular formula is C20H24N2O3. The van der Waals surface area contributed by atoms with Gasteiger partial charge in [-0.1, -0.05) is 26.0 Å². The summed E-state index contributed by atoms with van der Waals surface area (Å²) in [5.74, 6) is 1.60. The Morgan fingerprint density at radius 2 is 1.64 bits per heavy atom. The third-order valence-electron chi connectivity index (χ3n) is 3.77. The highest BCUT2D eigenvalue weighted by Gasteiger charge is 2.04. The van der Waals surface area contributed by atoms with Crippen LogP contribution in [0.1, 0.15) is 37.8 Å². The van der Waals surface area contributed by atoms with Gasteiger partial charge in [0.15, 0.2) is 6.61 Å². The Labute approximate surface area is 148 Å². The summed E-state index contributed by atoms with van der Waals surface area (Å²) < 4.78 is 10.6. The van der Waals surface area contributed by atoms with Gasteiger partial charge in [-0.05, 0) is 60.4 Å². The summed E-state index contributed by atoms with van der Waals surface area (Å²) in [7, 11) is 1.62. The van der Waals surface area contributed by atoms with E-state index in [4.69, 9.17) is 9.47 Å². The van der Waals surface area contributed by atoms with E-state index in [1.165, 1.54) is 5.56 Å². The van der Waals surface area contributed by atoms with Crippen molar-refractivity contribution in [2.75, 3.05) is 13.7 Å². The van der Waals surface area contributed by atoms with Gasteiger partial charge in [-0.2, -0.15) is 5.10 Å². The number of ether oxygens (including phenoxy) is 2. The Morgan fingerprint density at radius 1 is 1.04 bits per heavy atom. The molecule has 5 heteroatoms. The molecule has 0 saturated heterocycles. The Hall–Kier alpha value is -2.82. The summed E-state index contributed by atoms with van der Waals surface area (Å²) in [4.78, 5) is 11.9. The van der Waals surface area contributed by atoms with Crippen molar-refractivity contribution in [3.63, 3.8) is 0 Å². The fraction of sp³-hybridized carbons (Fsp3) is 0.300. The lowest BCUT2D eigenvalue weighted by molar-refractivity contribution is -0.123. The van der Waals surface area contributed by atoms with Crippen LogP contribution in [0, 0.1) is 0 Å². The maximum Gasteiger partial charge on any atom is 0.277 e. The second kappa shape index (κ2) is 8.87. The number of methoxy groups -OCH3 is 1. The second-order valence-electron chi connectivity index (χ2n) is 5.97. The highest BCUT2D eigenvalue weighted by atomic mass is 16.5. The van der Waals surface area contributed by atoms with Gasteiger partial charge in [-0.15, -0.1) is 0 Å². The number of hydrazone groups is 1. The molecule has 0 aliphatic heterocycles. The molecule has 0 aromatic heterocycles. The molecule has 0 unspecified atom stereocenters. The van der Waals surface area contributed by atoms with Gasteiger partial charge < -0.3 is 9.47 Å². The van der Waals surface area contributed by atoms with Crippen molar-refractivity contribution < 1.29 is 14.3 Å². The lowest BCUT2D eigenvalue weighted by atomic mass is 10.0. The van der Waals surface area contributed by atoms with Gasteiger partial charge in [-0.25, -0.2) is 5.43 Å². The van der Waals surface area contributed by atoms with E-state index >= 15 is 0 Å². The molecule has 5 nitrogen and oxygen atoms in total. The summed E-state index contributed by atoms with van der Waals surface area (Å²) in [6, 6.07) is 15.2. The van der Waals surface area contributed by atoms with Gasteiger partial charge in [0.05, 0.1) is 12.8 Å². The van der Waals surface area contributed by atoms with Crippen LogP contribution in [0.5, 0.6) is 11.5 Å². The van der Waals surface area contributed by atoms with Crippen molar-refractivity contribution in [2.24, 2.45) is 5.10 Å². The van der Waals surface area contributed by atoms with Crippen LogP contribution in [0.15, 0.2) is 53.6 Å². The van der Waals surface area contributed by atoms with Crippen molar-refractivity contribution in [2.45, 2.75) is 26.7 Å². The predicted octanol–water partition coefficient (Wildman–Crippen LogP) is 3.74. The lowest BCUT2D eigenvalue weighted by Gasteiger charge is -2.08. The number of benzene rings is 2. The van der Waals surface area contributed by atoms with E-state index in [1.807, 2.05) is 55.5 Å². The number of rotatable bonds is 7. The molecule has 2 aromatic rings. The predicted molar refractivity (Wildman–Crippen MR) is 99.4 cm³/mol. The van der Waals surface area contributed by atoms with E-state index in [0.29, 0.717) is 17.4 Å². The fourth-order valence-corrected chi connectivity index (χ4v) is 2.17. The monoisotopic (exact) mass is 340 g/mol. The number of hydrogen-bond acceptors (Lipinski definition) is 4. The number of amides is 1. The molecule has 0 spiro atoms. The highest BCUT2D eigenvalue weighted by Crippen LogP contribution is 2.18. The average molecular weight is 340 g/mol. The molecule has 0 radical (unpaired) electrons. The Morgan fingerprint density at radius 3 is 2.20 bits per heavy atom. The van der Waals surface area contributed by atoms with Crippen molar-refractivity contribution in [1.82, 2.24) is 5.43 Å². The Balaban J connectivity index is 1.84. The fourth-order valence-electron chi connectivity index (χ4n) is 2.17. The first kappa shape index (κ1) is 18.5. The maximum absolute atomic E-state index is 11.9. The first-order valence-electron chi connectivity index (χ1n) is 8.20. The van der Waals surface area contributed by atoms with E-state index in [-0.39, 0.29) is 12.5 Å². The van der Waals surface area contributed by atoms with Crippen LogP contribution < -0.4 is 14.9 Å². The smallest absolute Gasteiger partial charge is 0.277 e. The first-order valence-corrected chi connectivity index (χ1v) is 8.20. The van der Waals surface area contributed by atoms with Crippen molar-refractivity contribution in [1.29, 1.82) is 0 Å². The average Bonchev–Trinajstić information content (AvgIpc) is 2.64. The molecule has 0 saturated carbocycles. The third-order valence-corrected chi connectivity index (χ3v) is 3.77. The number of nitrogens with zero attached hydrogens (tertiary/aromatic N) is 1. The largest absolute Gasteiger partial charge is 0.497 e. The number of carbonyl (C=O) groups is 1. The zero-order chi connectivity index (χ0) is 18.2. The molecule has 0 fully saturated rings. The second-order valence-corrected chi connectivity index (χ2v) is 5.97. The molecular weight excluding hydrogens is 316 g/mol. The molecule has 25 heavy (non-hydrogen) atoms. The van der Waals surface area contributed by atoms with Crippen LogP contribution >= 0.6 is 0 Å². The molecule has 132 valence electrons. The first-order chi connectivity index (χ1) is 12.0. The number of carbonyl (C=O) groups excluding carboxylic acids is 1. The van der Waals surface area contributed by atoms with Crippen LogP contribution in [-0.2, 0) is 4.79 Å². The molecule has 0 atom stereocenters. The number of hydrogen-bond donors (Lipinski definition) is 1. The SMILES string of the molecule is COc1ccc(/C(C)=N/NC(=O)COc2ccc(C(C)C)cc2)cc1. The van der Waals surface area contributed by atoms with Gasteiger partial charge in [0.1, 0.15) is 11.5 Å². The van der Waals surface area contributed by atoms with Crippen LogP contribution in [0.25, 0.3) is 0 Å². The van der Waals surface area contributed by atoms with Crippen molar-refractivity contribution >= 4 is 11.6 Å². The third kappa shape index (κ3) is 5.64. The van der Waals surface area contributed by atoms with Crippen LogP contribution in [0.4, 0.5) is 0 Å². The van der Waals surface area contributed by atoms with Gasteiger partial charge in [-0.3, -0.25) is 4.79 Å².